The lowest BCUT2D eigenvalue weighted by Gasteiger charge is -2.34. The van der Waals surface area contributed by atoms with Gasteiger partial charge in [-0.25, -0.2) is 0 Å². The molecule has 1 aromatic rings. The zero-order chi connectivity index (χ0) is 16.7. The van der Waals surface area contributed by atoms with E-state index in [1.165, 1.54) is 0 Å². The van der Waals surface area contributed by atoms with Gasteiger partial charge < -0.3 is 14.6 Å². The fraction of sp³-hybridized carbons (Fsp3) is 0.632. The third-order valence-electron chi connectivity index (χ3n) is 4.59. The highest BCUT2D eigenvalue weighted by Crippen LogP contribution is 2.39. The lowest BCUT2D eigenvalue weighted by atomic mass is 9.74. The van der Waals surface area contributed by atoms with Crippen molar-refractivity contribution in [2.45, 2.75) is 58.0 Å². The van der Waals surface area contributed by atoms with E-state index in [9.17, 15) is 9.90 Å². The molecule has 0 aliphatic heterocycles. The van der Waals surface area contributed by atoms with Gasteiger partial charge in [-0.2, -0.15) is 0 Å². The first-order valence-electron chi connectivity index (χ1n) is 8.72. The fourth-order valence-electron chi connectivity index (χ4n) is 3.33. The summed E-state index contributed by atoms with van der Waals surface area (Å²) in [6.45, 7) is 5.46. The van der Waals surface area contributed by atoms with Crippen LogP contribution in [0.3, 0.4) is 0 Å². The first-order valence-corrected chi connectivity index (χ1v) is 8.72. The average Bonchev–Trinajstić information content (AvgIpc) is 2.56. The van der Waals surface area contributed by atoms with Crippen LogP contribution >= 0.6 is 0 Å². The van der Waals surface area contributed by atoms with E-state index in [0.29, 0.717) is 13.0 Å². The number of ether oxygens (including phenoxy) is 2. The molecule has 1 aliphatic rings. The summed E-state index contributed by atoms with van der Waals surface area (Å²) in [5, 5.41) is 9.62. The molecule has 0 spiro atoms. The number of carboxylic acid groups (broad SMARTS) is 1. The number of carboxylic acids is 1. The van der Waals surface area contributed by atoms with Gasteiger partial charge in [-0.1, -0.05) is 25.5 Å². The second kappa shape index (κ2) is 8.92. The molecule has 1 fully saturated rings. The molecule has 3 unspecified atom stereocenters. The Morgan fingerprint density at radius 2 is 1.96 bits per heavy atom. The summed E-state index contributed by atoms with van der Waals surface area (Å²) in [5.41, 5.74) is 1.09. The Morgan fingerprint density at radius 3 is 2.57 bits per heavy atom. The van der Waals surface area contributed by atoms with E-state index in [4.69, 9.17) is 9.47 Å². The van der Waals surface area contributed by atoms with Crippen LogP contribution in [0.25, 0.3) is 0 Å². The molecule has 0 heterocycles. The molecule has 23 heavy (non-hydrogen) atoms. The van der Waals surface area contributed by atoms with Crippen LogP contribution in [0.4, 0.5) is 0 Å². The molecule has 4 nitrogen and oxygen atoms in total. The third kappa shape index (κ3) is 4.96. The normalized spacial score (nSPS) is 24.3. The van der Waals surface area contributed by atoms with Crippen LogP contribution in [-0.4, -0.2) is 30.4 Å². The van der Waals surface area contributed by atoms with Crippen molar-refractivity contribution >= 4 is 5.97 Å². The molecule has 1 saturated carbocycles. The lowest BCUT2D eigenvalue weighted by Crippen LogP contribution is -2.33. The van der Waals surface area contributed by atoms with Crippen LogP contribution in [0.15, 0.2) is 24.3 Å². The van der Waals surface area contributed by atoms with E-state index in [0.717, 1.165) is 43.6 Å². The van der Waals surface area contributed by atoms with Crippen LogP contribution in [0.2, 0.25) is 0 Å². The van der Waals surface area contributed by atoms with Crippen molar-refractivity contribution in [2.75, 3.05) is 13.2 Å². The topological polar surface area (TPSA) is 55.8 Å². The number of aliphatic carboxylic acids is 1. The van der Waals surface area contributed by atoms with Gasteiger partial charge in [0, 0.05) is 6.61 Å². The highest BCUT2D eigenvalue weighted by atomic mass is 16.5. The molecule has 0 radical (unpaired) electrons. The van der Waals surface area contributed by atoms with E-state index in [2.05, 4.69) is 6.92 Å². The average molecular weight is 320 g/mol. The molecule has 0 amide bonds. The third-order valence-corrected chi connectivity index (χ3v) is 4.59. The second-order valence-corrected chi connectivity index (χ2v) is 6.21. The summed E-state index contributed by atoms with van der Waals surface area (Å²) < 4.78 is 11.3. The van der Waals surface area contributed by atoms with Gasteiger partial charge in [-0.05, 0) is 56.2 Å². The van der Waals surface area contributed by atoms with Gasteiger partial charge in [0.2, 0.25) is 0 Å². The van der Waals surface area contributed by atoms with Gasteiger partial charge in [0.05, 0.1) is 18.6 Å². The minimum Gasteiger partial charge on any atom is -0.494 e. The van der Waals surface area contributed by atoms with Crippen molar-refractivity contribution in [1.29, 1.82) is 0 Å². The number of unbranched alkanes of at least 4 members (excludes halogenated alkanes) is 1. The first kappa shape index (κ1) is 17.8. The monoisotopic (exact) mass is 320 g/mol. The Balaban J connectivity index is 2.02. The Kier molecular flexibility index (Phi) is 6.90. The van der Waals surface area contributed by atoms with E-state index < -0.39 is 5.97 Å². The van der Waals surface area contributed by atoms with Gasteiger partial charge >= 0.3 is 5.97 Å². The first-order chi connectivity index (χ1) is 11.2. The number of rotatable bonds is 8. The van der Waals surface area contributed by atoms with Crippen LogP contribution in [0, 0.1) is 5.92 Å². The summed E-state index contributed by atoms with van der Waals surface area (Å²) in [4.78, 5) is 11.7. The molecule has 0 saturated heterocycles. The zero-order valence-corrected chi connectivity index (χ0v) is 14.2. The fourth-order valence-corrected chi connectivity index (χ4v) is 3.33. The van der Waals surface area contributed by atoms with Crippen molar-refractivity contribution in [3.63, 3.8) is 0 Å². The molecule has 1 aromatic carbocycles. The Morgan fingerprint density at radius 1 is 1.22 bits per heavy atom. The largest absolute Gasteiger partial charge is 0.494 e. The van der Waals surface area contributed by atoms with Gasteiger partial charge in [0.15, 0.2) is 0 Å². The number of hydrogen-bond donors (Lipinski definition) is 1. The van der Waals surface area contributed by atoms with E-state index in [-0.39, 0.29) is 17.9 Å². The van der Waals surface area contributed by atoms with Crippen LogP contribution < -0.4 is 4.74 Å². The molecule has 128 valence electrons. The standard InChI is InChI=1S/C19H28O4/c1-3-5-12-23-16-10-11-17(18(13-16)19(20)21)14-6-8-15(9-7-14)22-4-2/h6-9,16-18H,3-5,10-13H2,1-2H3,(H,20,21). The predicted molar refractivity (Wildman–Crippen MR) is 90.0 cm³/mol. The summed E-state index contributed by atoms with van der Waals surface area (Å²) in [6, 6.07) is 7.87. The van der Waals surface area contributed by atoms with Gasteiger partial charge in [-0.15, -0.1) is 0 Å². The SMILES string of the molecule is CCCCOC1CCC(c2ccc(OCC)cc2)C(C(=O)O)C1. The zero-order valence-electron chi connectivity index (χ0n) is 14.2. The van der Waals surface area contributed by atoms with Crippen LogP contribution in [0.5, 0.6) is 5.75 Å². The number of carbonyl (C=O) groups is 1. The minimum absolute atomic E-state index is 0.0641. The second-order valence-electron chi connectivity index (χ2n) is 6.21. The molecular formula is C19H28O4. The lowest BCUT2D eigenvalue weighted by molar-refractivity contribution is -0.145. The van der Waals surface area contributed by atoms with E-state index in [1.807, 2.05) is 31.2 Å². The van der Waals surface area contributed by atoms with Crippen molar-refractivity contribution < 1.29 is 19.4 Å². The highest BCUT2D eigenvalue weighted by molar-refractivity contribution is 5.71. The molecule has 1 N–H and O–H groups in total. The van der Waals surface area contributed by atoms with Gasteiger partial charge in [0.1, 0.15) is 5.75 Å². The maximum absolute atomic E-state index is 11.7. The maximum Gasteiger partial charge on any atom is 0.307 e. The summed E-state index contributed by atoms with van der Waals surface area (Å²) >= 11 is 0. The van der Waals surface area contributed by atoms with Crippen LogP contribution in [0.1, 0.15) is 57.4 Å². The number of hydrogen-bond acceptors (Lipinski definition) is 3. The predicted octanol–water partition coefficient (Wildman–Crippen LogP) is 4.24. The van der Waals surface area contributed by atoms with Crippen molar-refractivity contribution in [3.05, 3.63) is 29.8 Å². The van der Waals surface area contributed by atoms with Crippen molar-refractivity contribution in [3.8, 4) is 5.75 Å². The summed E-state index contributed by atoms with van der Waals surface area (Å²) in [7, 11) is 0. The molecule has 4 heteroatoms. The smallest absolute Gasteiger partial charge is 0.307 e. The molecule has 2 rings (SSSR count). The highest BCUT2D eigenvalue weighted by Gasteiger charge is 2.36. The molecule has 0 bridgehead atoms. The quantitative estimate of drug-likeness (QED) is 0.728. The molecule has 3 atom stereocenters. The Labute approximate surface area is 138 Å². The van der Waals surface area contributed by atoms with Gasteiger partial charge in [0.25, 0.3) is 0 Å². The van der Waals surface area contributed by atoms with Crippen molar-refractivity contribution in [2.24, 2.45) is 5.92 Å². The molecule has 1 aliphatic carbocycles. The number of benzene rings is 1. The maximum atomic E-state index is 11.7. The van der Waals surface area contributed by atoms with E-state index >= 15 is 0 Å². The van der Waals surface area contributed by atoms with Crippen LogP contribution in [-0.2, 0) is 9.53 Å². The summed E-state index contributed by atoms with van der Waals surface area (Å²) in [5.74, 6) is -0.185. The summed E-state index contributed by atoms with van der Waals surface area (Å²) in [6.07, 6.45) is 4.63. The van der Waals surface area contributed by atoms with E-state index in [1.54, 1.807) is 0 Å². The molecular weight excluding hydrogens is 292 g/mol. The minimum atomic E-state index is -0.715. The van der Waals surface area contributed by atoms with Crippen molar-refractivity contribution in [1.82, 2.24) is 0 Å². The van der Waals surface area contributed by atoms with Gasteiger partial charge in [-0.3, -0.25) is 4.79 Å². The molecule has 0 aromatic heterocycles. The Hall–Kier alpha value is -1.55. The Bertz CT molecular complexity index is 483.